The first kappa shape index (κ1) is 13.4. The maximum Gasteiger partial charge on any atom is 0.175 e. The molecule has 0 heterocycles. The van der Waals surface area contributed by atoms with Gasteiger partial charge in [-0.05, 0) is 72.9 Å². The van der Waals surface area contributed by atoms with Crippen LogP contribution in [0.15, 0.2) is 42.5 Å². The molecule has 0 unspecified atom stereocenters. The highest BCUT2D eigenvalue weighted by Crippen LogP contribution is 2.25. The van der Waals surface area contributed by atoms with Crippen molar-refractivity contribution in [3.05, 3.63) is 58.6 Å². The van der Waals surface area contributed by atoms with E-state index in [0.717, 1.165) is 11.4 Å². The van der Waals surface area contributed by atoms with Gasteiger partial charge in [0.15, 0.2) is 5.11 Å². The van der Waals surface area contributed by atoms with Crippen molar-refractivity contribution >= 4 is 40.3 Å². The molecule has 4 heteroatoms. The monoisotopic (exact) mass is 302 g/mol. The fourth-order valence-corrected chi connectivity index (χ4v) is 2.94. The van der Waals surface area contributed by atoms with Crippen LogP contribution in [0.2, 0.25) is 5.02 Å². The van der Waals surface area contributed by atoms with Gasteiger partial charge < -0.3 is 10.6 Å². The quantitative estimate of drug-likeness (QED) is 0.790. The maximum absolute atomic E-state index is 5.95. The predicted octanol–water partition coefficient (Wildman–Crippen LogP) is 4.64. The Morgan fingerprint density at radius 3 is 2.50 bits per heavy atom. The van der Waals surface area contributed by atoms with E-state index in [4.69, 9.17) is 23.8 Å². The molecule has 0 bridgehead atoms. The molecule has 2 nitrogen and oxygen atoms in total. The molecule has 3 rings (SSSR count). The Bertz CT molecular complexity index is 655. The number of aryl methyl sites for hydroxylation is 2. The molecule has 0 amide bonds. The minimum atomic E-state index is 0.574. The summed E-state index contributed by atoms with van der Waals surface area (Å²) in [5.74, 6) is 0. The molecular weight excluding hydrogens is 288 g/mol. The largest absolute Gasteiger partial charge is 0.332 e. The third-order valence-corrected chi connectivity index (χ3v) is 3.88. The summed E-state index contributed by atoms with van der Waals surface area (Å²) in [6, 6.07) is 14.0. The molecule has 1 aliphatic rings. The second kappa shape index (κ2) is 5.81. The molecule has 2 aromatic carbocycles. The number of hydrogen-bond acceptors (Lipinski definition) is 1. The van der Waals surface area contributed by atoms with Gasteiger partial charge in [0.2, 0.25) is 0 Å². The van der Waals surface area contributed by atoms with Crippen molar-refractivity contribution in [2.45, 2.75) is 19.3 Å². The zero-order chi connectivity index (χ0) is 13.9. The minimum Gasteiger partial charge on any atom is -0.332 e. The van der Waals surface area contributed by atoms with Gasteiger partial charge in [-0.15, -0.1) is 0 Å². The Kier molecular flexibility index (Phi) is 3.90. The normalized spacial score (nSPS) is 12.8. The van der Waals surface area contributed by atoms with Crippen molar-refractivity contribution in [3.63, 3.8) is 0 Å². The van der Waals surface area contributed by atoms with E-state index in [0.29, 0.717) is 10.1 Å². The maximum atomic E-state index is 5.95. The van der Waals surface area contributed by atoms with Gasteiger partial charge in [-0.1, -0.05) is 23.7 Å². The van der Waals surface area contributed by atoms with Crippen LogP contribution >= 0.6 is 23.8 Å². The number of thiocarbonyl (C=S) groups is 1. The Labute approximate surface area is 129 Å². The van der Waals surface area contributed by atoms with Crippen LogP contribution in [0, 0.1) is 0 Å². The summed E-state index contributed by atoms with van der Waals surface area (Å²) in [5, 5.41) is 7.62. The van der Waals surface area contributed by atoms with Gasteiger partial charge in [0.25, 0.3) is 0 Å². The molecule has 0 saturated heterocycles. The van der Waals surface area contributed by atoms with Gasteiger partial charge in [0, 0.05) is 16.4 Å². The summed E-state index contributed by atoms with van der Waals surface area (Å²) in [6.07, 6.45) is 3.62. The second-order valence-corrected chi connectivity index (χ2v) is 5.77. The predicted molar refractivity (Wildman–Crippen MR) is 89.8 cm³/mol. The Morgan fingerprint density at radius 2 is 1.70 bits per heavy atom. The topological polar surface area (TPSA) is 24.1 Å². The highest BCUT2D eigenvalue weighted by Gasteiger charge is 2.11. The number of fused-ring (bicyclic) bond motifs is 1. The van der Waals surface area contributed by atoms with E-state index >= 15 is 0 Å². The summed E-state index contributed by atoms with van der Waals surface area (Å²) < 4.78 is 0. The average Bonchev–Trinajstić information content (AvgIpc) is 2.86. The van der Waals surface area contributed by atoms with E-state index in [1.54, 1.807) is 0 Å². The lowest BCUT2D eigenvalue weighted by molar-refractivity contribution is 0.912. The first-order valence-electron chi connectivity index (χ1n) is 6.66. The van der Waals surface area contributed by atoms with E-state index in [-0.39, 0.29) is 0 Å². The van der Waals surface area contributed by atoms with Gasteiger partial charge in [0.1, 0.15) is 0 Å². The van der Waals surface area contributed by atoms with Crippen molar-refractivity contribution in [2.75, 3.05) is 10.6 Å². The average molecular weight is 303 g/mol. The van der Waals surface area contributed by atoms with E-state index in [2.05, 4.69) is 28.8 Å². The molecule has 0 aromatic heterocycles. The summed E-state index contributed by atoms with van der Waals surface area (Å²) in [6.45, 7) is 0. The number of hydrogen-bond donors (Lipinski definition) is 2. The molecule has 1 aliphatic carbocycles. The Morgan fingerprint density at radius 1 is 0.950 bits per heavy atom. The minimum absolute atomic E-state index is 0.574. The zero-order valence-electron chi connectivity index (χ0n) is 10.9. The molecular formula is C16H15ClN2S. The van der Waals surface area contributed by atoms with Gasteiger partial charge in [-0.25, -0.2) is 0 Å². The molecule has 20 heavy (non-hydrogen) atoms. The van der Waals surface area contributed by atoms with Crippen LogP contribution in [0.4, 0.5) is 11.4 Å². The highest BCUT2D eigenvalue weighted by atomic mass is 35.5. The summed E-state index contributed by atoms with van der Waals surface area (Å²) in [7, 11) is 0. The zero-order valence-corrected chi connectivity index (χ0v) is 12.5. The number of nitrogens with one attached hydrogen (secondary N) is 2. The molecule has 0 atom stereocenters. The summed E-state index contributed by atoms with van der Waals surface area (Å²) >= 11 is 11.3. The van der Waals surface area contributed by atoms with E-state index in [9.17, 15) is 0 Å². The SMILES string of the molecule is S=C(Nc1cccc(Cl)c1)Nc1ccc2c(c1)CCC2. The van der Waals surface area contributed by atoms with Crippen LogP contribution in [0.3, 0.4) is 0 Å². The molecule has 0 aliphatic heterocycles. The van der Waals surface area contributed by atoms with Gasteiger partial charge in [-0.2, -0.15) is 0 Å². The van der Waals surface area contributed by atoms with Crippen molar-refractivity contribution in [1.82, 2.24) is 0 Å². The molecule has 0 radical (unpaired) electrons. The number of anilines is 2. The van der Waals surface area contributed by atoms with E-state index in [1.165, 1.54) is 30.4 Å². The molecule has 2 aromatic rings. The van der Waals surface area contributed by atoms with E-state index < -0.39 is 0 Å². The van der Waals surface area contributed by atoms with Crippen molar-refractivity contribution in [1.29, 1.82) is 0 Å². The molecule has 0 saturated carbocycles. The van der Waals surface area contributed by atoms with Crippen LogP contribution in [0.1, 0.15) is 17.5 Å². The second-order valence-electron chi connectivity index (χ2n) is 4.93. The number of halogens is 1. The van der Waals surface area contributed by atoms with Crippen molar-refractivity contribution < 1.29 is 0 Å². The van der Waals surface area contributed by atoms with Crippen molar-refractivity contribution in [3.8, 4) is 0 Å². The molecule has 2 N–H and O–H groups in total. The van der Waals surface area contributed by atoms with E-state index in [1.807, 2.05) is 24.3 Å². The first-order chi connectivity index (χ1) is 9.70. The number of benzene rings is 2. The van der Waals surface area contributed by atoms with Gasteiger partial charge in [0.05, 0.1) is 0 Å². The lowest BCUT2D eigenvalue weighted by atomic mass is 10.1. The highest BCUT2D eigenvalue weighted by molar-refractivity contribution is 7.80. The Balaban J connectivity index is 1.67. The Hall–Kier alpha value is -1.58. The lowest BCUT2D eigenvalue weighted by Gasteiger charge is -2.12. The fraction of sp³-hybridized carbons (Fsp3) is 0.188. The van der Waals surface area contributed by atoms with Crippen LogP contribution in [-0.2, 0) is 12.8 Å². The van der Waals surface area contributed by atoms with Crippen LogP contribution in [-0.4, -0.2) is 5.11 Å². The summed E-state index contributed by atoms with van der Waals surface area (Å²) in [4.78, 5) is 0. The third kappa shape index (κ3) is 3.11. The molecule has 0 fully saturated rings. The third-order valence-electron chi connectivity index (χ3n) is 3.44. The van der Waals surface area contributed by atoms with Crippen molar-refractivity contribution in [2.24, 2.45) is 0 Å². The lowest BCUT2D eigenvalue weighted by Crippen LogP contribution is -2.19. The first-order valence-corrected chi connectivity index (χ1v) is 7.45. The smallest absolute Gasteiger partial charge is 0.175 e. The molecule has 102 valence electrons. The van der Waals surface area contributed by atoms with Crippen LogP contribution in [0.25, 0.3) is 0 Å². The van der Waals surface area contributed by atoms with Gasteiger partial charge in [-0.3, -0.25) is 0 Å². The van der Waals surface area contributed by atoms with Gasteiger partial charge >= 0.3 is 0 Å². The number of rotatable bonds is 2. The fourth-order valence-electron chi connectivity index (χ4n) is 2.51. The van der Waals surface area contributed by atoms with Crippen LogP contribution in [0.5, 0.6) is 0 Å². The summed E-state index contributed by atoms with van der Waals surface area (Å²) in [5.41, 5.74) is 4.81. The molecule has 0 spiro atoms. The standard InChI is InChI=1S/C16H15ClN2S/c17-13-5-2-6-14(10-13)18-16(20)19-15-8-7-11-3-1-4-12(11)9-15/h2,5-10H,1,3-4H2,(H2,18,19,20). The van der Waals surface area contributed by atoms with Crippen LogP contribution < -0.4 is 10.6 Å².